The molecule has 3 heterocycles. The molecule has 1 fully saturated rings. The van der Waals surface area contributed by atoms with Crippen LogP contribution < -0.4 is 0 Å². The summed E-state index contributed by atoms with van der Waals surface area (Å²) < 4.78 is 0. The van der Waals surface area contributed by atoms with Crippen molar-refractivity contribution in [2.24, 2.45) is 5.92 Å². The smallest absolute Gasteiger partial charge is 0.232 e. The zero-order valence-corrected chi connectivity index (χ0v) is 15.7. The molecule has 2 aliphatic rings. The van der Waals surface area contributed by atoms with Gasteiger partial charge in [-0.05, 0) is 50.0 Å². The Hall–Kier alpha value is -1.14. The molecule has 0 saturated carbocycles. The molecular weight excluding hydrogens is 338 g/mol. The van der Waals surface area contributed by atoms with E-state index in [4.69, 9.17) is 0 Å². The van der Waals surface area contributed by atoms with Gasteiger partial charge in [0.15, 0.2) is 0 Å². The Labute approximate surface area is 151 Å². The number of nitrogens with zero attached hydrogens (tertiary/aromatic N) is 3. The molecule has 0 bridgehead atoms. The number of piperidine rings is 1. The van der Waals surface area contributed by atoms with Gasteiger partial charge in [0.2, 0.25) is 5.91 Å². The molecule has 0 aromatic carbocycles. The fourth-order valence-corrected chi connectivity index (χ4v) is 6.03. The first kappa shape index (κ1) is 16.3. The number of hydrogen-bond donors (Lipinski definition) is 0. The van der Waals surface area contributed by atoms with Crippen molar-refractivity contribution < 1.29 is 4.79 Å². The number of thioether (sulfide) groups is 1. The van der Waals surface area contributed by atoms with Crippen LogP contribution in [0.4, 0.5) is 0 Å². The van der Waals surface area contributed by atoms with E-state index in [0.717, 1.165) is 35.8 Å². The average Bonchev–Trinajstić information content (AvgIpc) is 2.99. The van der Waals surface area contributed by atoms with Gasteiger partial charge in [-0.3, -0.25) is 4.79 Å². The maximum absolute atomic E-state index is 12.5. The Bertz CT molecular complexity index is 758. The summed E-state index contributed by atoms with van der Waals surface area (Å²) in [5, 5.41) is 2.22. The molecule has 4 rings (SSSR count). The first-order chi connectivity index (χ1) is 11.7. The molecule has 1 aliphatic heterocycles. The van der Waals surface area contributed by atoms with E-state index in [2.05, 4.69) is 16.9 Å². The van der Waals surface area contributed by atoms with Crippen molar-refractivity contribution in [1.82, 2.24) is 14.9 Å². The second-order valence-electron chi connectivity index (χ2n) is 6.95. The van der Waals surface area contributed by atoms with Crippen molar-refractivity contribution in [3.63, 3.8) is 0 Å². The highest BCUT2D eigenvalue weighted by atomic mass is 32.2. The van der Waals surface area contributed by atoms with E-state index in [1.165, 1.54) is 41.5 Å². The summed E-state index contributed by atoms with van der Waals surface area (Å²) in [5.41, 5.74) is 1.45. The van der Waals surface area contributed by atoms with Crippen LogP contribution in [0.2, 0.25) is 0 Å². The van der Waals surface area contributed by atoms with Crippen LogP contribution in [0.1, 0.15) is 43.0 Å². The van der Waals surface area contributed by atoms with Crippen molar-refractivity contribution in [3.05, 3.63) is 16.8 Å². The van der Waals surface area contributed by atoms with Crippen molar-refractivity contribution >= 4 is 39.2 Å². The van der Waals surface area contributed by atoms with Gasteiger partial charge in [0.05, 0.1) is 5.75 Å². The number of likely N-dealkylation sites (tertiary alicyclic amines) is 1. The third kappa shape index (κ3) is 3.18. The standard InChI is InChI=1S/C18H23N3OS2/c1-12-5-4-8-21(9-12)15(22)10-23-17-16-13-6-2-3-7-14(13)24-18(16)20-11-19-17/h11-12H,2-10H2,1H3. The molecule has 4 nitrogen and oxygen atoms in total. The van der Waals surface area contributed by atoms with E-state index in [1.54, 1.807) is 18.1 Å². The molecule has 1 saturated heterocycles. The molecule has 2 aromatic rings. The first-order valence-corrected chi connectivity index (χ1v) is 10.7. The zero-order chi connectivity index (χ0) is 16.5. The Morgan fingerprint density at radius 3 is 3.08 bits per heavy atom. The molecule has 24 heavy (non-hydrogen) atoms. The quantitative estimate of drug-likeness (QED) is 0.614. The molecule has 128 valence electrons. The Morgan fingerprint density at radius 1 is 1.33 bits per heavy atom. The van der Waals surface area contributed by atoms with Crippen molar-refractivity contribution in [1.29, 1.82) is 0 Å². The molecule has 1 unspecified atom stereocenters. The van der Waals surface area contributed by atoms with Gasteiger partial charge < -0.3 is 4.90 Å². The number of hydrogen-bond acceptors (Lipinski definition) is 5. The van der Waals surface area contributed by atoms with E-state index < -0.39 is 0 Å². The summed E-state index contributed by atoms with van der Waals surface area (Å²) in [6, 6.07) is 0. The second kappa shape index (κ2) is 7.00. The van der Waals surface area contributed by atoms with Gasteiger partial charge in [0.1, 0.15) is 16.2 Å². The highest BCUT2D eigenvalue weighted by Gasteiger charge is 2.23. The first-order valence-electron chi connectivity index (χ1n) is 8.88. The molecule has 2 aromatic heterocycles. The highest BCUT2D eigenvalue weighted by Crippen LogP contribution is 2.39. The number of rotatable bonds is 3. The summed E-state index contributed by atoms with van der Waals surface area (Å²) in [7, 11) is 0. The van der Waals surface area contributed by atoms with Crippen LogP contribution in [-0.4, -0.2) is 39.6 Å². The van der Waals surface area contributed by atoms with Gasteiger partial charge >= 0.3 is 0 Å². The van der Waals surface area contributed by atoms with Gasteiger partial charge in [0.25, 0.3) is 0 Å². The topological polar surface area (TPSA) is 46.1 Å². The van der Waals surface area contributed by atoms with Crippen LogP contribution in [-0.2, 0) is 17.6 Å². The van der Waals surface area contributed by atoms with E-state index in [1.807, 2.05) is 16.2 Å². The minimum Gasteiger partial charge on any atom is -0.342 e. The molecule has 0 N–H and O–H groups in total. The van der Waals surface area contributed by atoms with Crippen LogP contribution in [0.25, 0.3) is 10.2 Å². The predicted octanol–water partition coefficient (Wildman–Crippen LogP) is 3.92. The van der Waals surface area contributed by atoms with Crippen molar-refractivity contribution in [2.75, 3.05) is 18.8 Å². The lowest BCUT2D eigenvalue weighted by molar-refractivity contribution is -0.130. The Kier molecular flexibility index (Phi) is 4.77. The largest absolute Gasteiger partial charge is 0.342 e. The maximum atomic E-state index is 12.5. The lowest BCUT2D eigenvalue weighted by Gasteiger charge is -2.30. The average molecular weight is 362 g/mol. The van der Waals surface area contributed by atoms with E-state index in [9.17, 15) is 4.79 Å². The molecule has 1 aliphatic carbocycles. The molecule has 0 radical (unpaired) electrons. The van der Waals surface area contributed by atoms with Gasteiger partial charge in [-0.15, -0.1) is 11.3 Å². The molecule has 6 heteroatoms. The molecule has 0 spiro atoms. The minimum atomic E-state index is 0.252. The van der Waals surface area contributed by atoms with Crippen molar-refractivity contribution in [3.8, 4) is 0 Å². The molecule has 1 amide bonds. The number of carbonyl (C=O) groups is 1. The summed E-state index contributed by atoms with van der Waals surface area (Å²) in [6.45, 7) is 4.06. The monoisotopic (exact) mass is 361 g/mol. The normalized spacial score (nSPS) is 21.0. The predicted molar refractivity (Wildman–Crippen MR) is 99.8 cm³/mol. The number of fused-ring (bicyclic) bond motifs is 3. The van der Waals surface area contributed by atoms with E-state index >= 15 is 0 Å². The van der Waals surface area contributed by atoms with Crippen LogP contribution in [0.3, 0.4) is 0 Å². The minimum absolute atomic E-state index is 0.252. The zero-order valence-electron chi connectivity index (χ0n) is 14.1. The summed E-state index contributed by atoms with van der Waals surface area (Å²) >= 11 is 3.41. The molecular formula is C18H23N3OS2. The third-order valence-corrected chi connectivity index (χ3v) is 7.23. The van der Waals surface area contributed by atoms with Crippen LogP contribution in [0, 0.1) is 5.92 Å². The summed E-state index contributed by atoms with van der Waals surface area (Å²) in [5.74, 6) is 1.37. The van der Waals surface area contributed by atoms with Gasteiger partial charge in [-0.1, -0.05) is 18.7 Å². The molecule has 1 atom stereocenters. The number of aromatic nitrogens is 2. The van der Waals surface area contributed by atoms with E-state index in [-0.39, 0.29) is 5.91 Å². The van der Waals surface area contributed by atoms with Crippen LogP contribution >= 0.6 is 23.1 Å². The third-order valence-electron chi connectivity index (χ3n) is 5.06. The SMILES string of the molecule is CC1CCCN(C(=O)CSc2ncnc3sc4c(c23)CCCC4)C1. The number of thiophene rings is 1. The number of carbonyl (C=O) groups excluding carboxylic acids is 1. The summed E-state index contributed by atoms with van der Waals surface area (Å²) in [4.78, 5) is 26.1. The van der Waals surface area contributed by atoms with Crippen LogP contribution in [0.15, 0.2) is 11.4 Å². The Balaban J connectivity index is 1.52. The maximum Gasteiger partial charge on any atom is 0.232 e. The van der Waals surface area contributed by atoms with Gasteiger partial charge in [-0.2, -0.15) is 0 Å². The lowest BCUT2D eigenvalue weighted by Crippen LogP contribution is -2.40. The second-order valence-corrected chi connectivity index (χ2v) is 8.99. The number of aryl methyl sites for hydroxylation is 2. The van der Waals surface area contributed by atoms with Crippen LogP contribution in [0.5, 0.6) is 0 Å². The van der Waals surface area contributed by atoms with Crippen molar-refractivity contribution in [2.45, 2.75) is 50.5 Å². The Morgan fingerprint density at radius 2 is 2.21 bits per heavy atom. The van der Waals surface area contributed by atoms with Gasteiger partial charge in [0, 0.05) is 23.4 Å². The highest BCUT2D eigenvalue weighted by molar-refractivity contribution is 8.00. The van der Waals surface area contributed by atoms with Gasteiger partial charge in [-0.25, -0.2) is 9.97 Å². The van der Waals surface area contributed by atoms with E-state index in [0.29, 0.717) is 11.7 Å². The fraction of sp³-hybridized carbons (Fsp3) is 0.611. The number of amides is 1. The lowest BCUT2D eigenvalue weighted by atomic mass is 9.97. The fourth-order valence-electron chi connectivity index (χ4n) is 3.81. The summed E-state index contributed by atoms with van der Waals surface area (Å²) in [6.07, 6.45) is 8.86.